The van der Waals surface area contributed by atoms with Gasteiger partial charge in [0.1, 0.15) is 0 Å². The number of benzene rings is 1. The summed E-state index contributed by atoms with van der Waals surface area (Å²) in [4.78, 5) is 2.53. The van der Waals surface area contributed by atoms with Gasteiger partial charge in [-0.15, -0.1) is 0 Å². The van der Waals surface area contributed by atoms with Crippen LogP contribution in [0.25, 0.3) is 0 Å². The Balaban J connectivity index is 2.26. The molecule has 3 heteroatoms. The van der Waals surface area contributed by atoms with Crippen LogP contribution in [0, 0.1) is 0 Å². The van der Waals surface area contributed by atoms with Crippen molar-refractivity contribution in [3.05, 3.63) is 28.2 Å². The summed E-state index contributed by atoms with van der Waals surface area (Å²) in [5.74, 6) is 0. The molecular weight excluding hydrogens is 288 g/mol. The molecule has 0 spiro atoms. The molecule has 1 unspecified atom stereocenters. The summed E-state index contributed by atoms with van der Waals surface area (Å²) in [7, 11) is 0. The Bertz CT molecular complexity index is 401. The molecule has 0 saturated heterocycles. The highest BCUT2D eigenvalue weighted by molar-refractivity contribution is 9.10. The summed E-state index contributed by atoms with van der Waals surface area (Å²) < 4.78 is 1.15. The second-order valence-corrected chi connectivity index (χ2v) is 6.08. The molecule has 0 heterocycles. The smallest absolute Gasteiger partial charge is 0.0402 e. The Hall–Kier alpha value is -0.540. The molecular formula is C15H23BrN2. The summed E-state index contributed by atoms with van der Waals surface area (Å²) in [5.41, 5.74) is 8.89. The molecule has 2 rings (SSSR count). The van der Waals surface area contributed by atoms with E-state index in [4.69, 9.17) is 5.73 Å². The highest BCUT2D eigenvalue weighted by atomic mass is 79.9. The highest BCUT2D eigenvalue weighted by Crippen LogP contribution is 2.35. The Morgan fingerprint density at radius 3 is 2.67 bits per heavy atom. The van der Waals surface area contributed by atoms with E-state index >= 15 is 0 Å². The van der Waals surface area contributed by atoms with Crippen LogP contribution in [0.3, 0.4) is 0 Å². The van der Waals surface area contributed by atoms with Crippen molar-refractivity contribution in [3.63, 3.8) is 0 Å². The summed E-state index contributed by atoms with van der Waals surface area (Å²) >= 11 is 3.57. The number of halogens is 1. The van der Waals surface area contributed by atoms with Crippen LogP contribution in [0.4, 0.5) is 5.69 Å². The Morgan fingerprint density at radius 2 is 2.11 bits per heavy atom. The molecule has 100 valence electrons. The number of hydrogen-bond acceptors (Lipinski definition) is 2. The molecule has 1 fully saturated rings. The Kier molecular flexibility index (Phi) is 4.68. The van der Waals surface area contributed by atoms with Crippen molar-refractivity contribution in [1.82, 2.24) is 0 Å². The second-order valence-electron chi connectivity index (χ2n) is 5.16. The van der Waals surface area contributed by atoms with Crippen molar-refractivity contribution in [3.8, 4) is 0 Å². The molecule has 0 radical (unpaired) electrons. The van der Waals surface area contributed by atoms with Gasteiger partial charge in [0.05, 0.1) is 0 Å². The molecule has 1 saturated carbocycles. The normalized spacial score (nSPS) is 16.7. The van der Waals surface area contributed by atoms with E-state index in [1.165, 1.54) is 24.1 Å². The molecule has 0 aromatic heterocycles. The standard InChI is InChI=1S/C15H23BrN2/c1-3-13(17)10-11-9-12(16)5-8-15(11)18(4-2)14-6-7-14/h5,8-9,13-14H,3-4,6-7,10,17H2,1-2H3. The number of hydrogen-bond donors (Lipinski definition) is 1. The lowest BCUT2D eigenvalue weighted by molar-refractivity contribution is 0.643. The van der Waals surface area contributed by atoms with E-state index in [1.807, 2.05) is 0 Å². The first kappa shape index (κ1) is 13.9. The molecule has 0 amide bonds. The van der Waals surface area contributed by atoms with E-state index in [0.717, 1.165) is 29.9 Å². The minimum atomic E-state index is 0.260. The van der Waals surface area contributed by atoms with Crippen LogP contribution in [-0.4, -0.2) is 18.6 Å². The number of rotatable bonds is 6. The molecule has 1 aliphatic rings. The average molecular weight is 311 g/mol. The maximum absolute atomic E-state index is 6.12. The van der Waals surface area contributed by atoms with Crippen LogP contribution in [-0.2, 0) is 6.42 Å². The number of nitrogens with zero attached hydrogens (tertiary/aromatic N) is 1. The molecule has 18 heavy (non-hydrogen) atoms. The second kappa shape index (κ2) is 6.07. The van der Waals surface area contributed by atoms with Crippen LogP contribution >= 0.6 is 15.9 Å². The zero-order valence-corrected chi connectivity index (χ0v) is 12.9. The third-order valence-corrected chi connectivity index (χ3v) is 4.18. The molecule has 0 aliphatic heterocycles. The third-order valence-electron chi connectivity index (χ3n) is 3.69. The monoisotopic (exact) mass is 310 g/mol. The third kappa shape index (κ3) is 3.27. The Morgan fingerprint density at radius 1 is 1.39 bits per heavy atom. The molecule has 1 atom stereocenters. The minimum absolute atomic E-state index is 0.260. The number of anilines is 1. The van der Waals surface area contributed by atoms with Gasteiger partial charge < -0.3 is 10.6 Å². The number of nitrogens with two attached hydrogens (primary N) is 1. The van der Waals surface area contributed by atoms with Crippen molar-refractivity contribution in [2.45, 2.75) is 51.6 Å². The quantitative estimate of drug-likeness (QED) is 0.867. The van der Waals surface area contributed by atoms with Gasteiger partial charge in [-0.2, -0.15) is 0 Å². The van der Waals surface area contributed by atoms with Crippen LogP contribution < -0.4 is 10.6 Å². The lowest BCUT2D eigenvalue weighted by atomic mass is 10.0. The minimum Gasteiger partial charge on any atom is -0.369 e. The maximum Gasteiger partial charge on any atom is 0.0402 e. The fourth-order valence-corrected chi connectivity index (χ4v) is 2.84. The summed E-state index contributed by atoms with van der Waals surface area (Å²) in [6.45, 7) is 5.48. The lowest BCUT2D eigenvalue weighted by Gasteiger charge is -2.26. The lowest BCUT2D eigenvalue weighted by Crippen LogP contribution is -2.28. The first-order valence-corrected chi connectivity index (χ1v) is 7.75. The fourth-order valence-electron chi connectivity index (χ4n) is 2.44. The first-order valence-electron chi connectivity index (χ1n) is 6.96. The van der Waals surface area contributed by atoms with E-state index < -0.39 is 0 Å². The summed E-state index contributed by atoms with van der Waals surface area (Å²) in [6, 6.07) is 7.63. The van der Waals surface area contributed by atoms with Gasteiger partial charge in [-0.3, -0.25) is 0 Å². The fraction of sp³-hybridized carbons (Fsp3) is 0.600. The van der Waals surface area contributed by atoms with Crippen molar-refractivity contribution in [1.29, 1.82) is 0 Å². The molecule has 1 aromatic carbocycles. The average Bonchev–Trinajstić information content (AvgIpc) is 3.17. The SMILES string of the molecule is CCC(N)Cc1cc(Br)ccc1N(CC)C1CC1. The predicted octanol–water partition coefficient (Wildman–Crippen LogP) is 3.72. The van der Waals surface area contributed by atoms with Gasteiger partial charge in [-0.25, -0.2) is 0 Å². The van der Waals surface area contributed by atoms with Gasteiger partial charge in [0.15, 0.2) is 0 Å². The van der Waals surface area contributed by atoms with Crippen molar-refractivity contribution in [2.75, 3.05) is 11.4 Å². The van der Waals surface area contributed by atoms with Crippen molar-refractivity contribution < 1.29 is 0 Å². The molecule has 1 aromatic rings. The molecule has 1 aliphatic carbocycles. The van der Waals surface area contributed by atoms with Gasteiger partial charge in [-0.1, -0.05) is 22.9 Å². The Labute approximate surface area is 119 Å². The van der Waals surface area contributed by atoms with Crippen LogP contribution in [0.5, 0.6) is 0 Å². The highest BCUT2D eigenvalue weighted by Gasteiger charge is 2.29. The van der Waals surface area contributed by atoms with E-state index in [2.05, 4.69) is 52.9 Å². The zero-order valence-electron chi connectivity index (χ0n) is 11.3. The van der Waals surface area contributed by atoms with Crippen LogP contribution in [0.2, 0.25) is 0 Å². The van der Waals surface area contributed by atoms with Crippen LogP contribution in [0.15, 0.2) is 22.7 Å². The van der Waals surface area contributed by atoms with Gasteiger partial charge in [-0.05, 0) is 56.4 Å². The molecule has 2 nitrogen and oxygen atoms in total. The van der Waals surface area contributed by atoms with Crippen molar-refractivity contribution >= 4 is 21.6 Å². The van der Waals surface area contributed by atoms with Gasteiger partial charge in [0.25, 0.3) is 0 Å². The van der Waals surface area contributed by atoms with E-state index in [1.54, 1.807) is 0 Å². The first-order chi connectivity index (χ1) is 8.65. The largest absolute Gasteiger partial charge is 0.369 e. The van der Waals surface area contributed by atoms with Crippen LogP contribution in [0.1, 0.15) is 38.7 Å². The van der Waals surface area contributed by atoms with E-state index in [0.29, 0.717) is 0 Å². The van der Waals surface area contributed by atoms with Gasteiger partial charge in [0, 0.05) is 28.8 Å². The molecule has 2 N–H and O–H groups in total. The van der Waals surface area contributed by atoms with E-state index in [-0.39, 0.29) is 6.04 Å². The van der Waals surface area contributed by atoms with Gasteiger partial charge in [0.2, 0.25) is 0 Å². The summed E-state index contributed by atoms with van der Waals surface area (Å²) in [5, 5.41) is 0. The summed E-state index contributed by atoms with van der Waals surface area (Å²) in [6.07, 6.45) is 4.67. The maximum atomic E-state index is 6.12. The van der Waals surface area contributed by atoms with Crippen molar-refractivity contribution in [2.24, 2.45) is 5.73 Å². The zero-order chi connectivity index (χ0) is 13.1. The predicted molar refractivity (Wildman–Crippen MR) is 82.2 cm³/mol. The topological polar surface area (TPSA) is 29.3 Å². The van der Waals surface area contributed by atoms with E-state index in [9.17, 15) is 0 Å². The van der Waals surface area contributed by atoms with Gasteiger partial charge >= 0.3 is 0 Å². The molecule has 0 bridgehead atoms.